The molecule has 0 aliphatic carbocycles. The van der Waals surface area contributed by atoms with Crippen molar-refractivity contribution in [3.63, 3.8) is 0 Å². The first-order valence-corrected chi connectivity index (χ1v) is 7.56. The Morgan fingerprint density at radius 2 is 2.21 bits per heavy atom. The van der Waals surface area contributed by atoms with Gasteiger partial charge in [0.1, 0.15) is 6.23 Å². The molecule has 1 aromatic rings. The van der Waals surface area contributed by atoms with Crippen molar-refractivity contribution in [2.45, 2.75) is 44.8 Å². The molecule has 0 aromatic carbocycles. The Bertz CT molecular complexity index is 339. The van der Waals surface area contributed by atoms with Crippen LogP contribution in [0.3, 0.4) is 0 Å². The van der Waals surface area contributed by atoms with Crippen molar-refractivity contribution in [3.8, 4) is 0 Å². The second-order valence-corrected chi connectivity index (χ2v) is 5.64. The number of hydrogen-bond donors (Lipinski definition) is 3. The number of rotatable bonds is 8. The second-order valence-electron chi connectivity index (χ2n) is 5.64. The topological polar surface area (TPSA) is 65.3 Å². The summed E-state index contributed by atoms with van der Waals surface area (Å²) in [7, 11) is 0. The molecule has 4 nitrogen and oxygen atoms in total. The summed E-state index contributed by atoms with van der Waals surface area (Å²) in [6, 6.07) is 3.88. The highest BCUT2D eigenvalue weighted by molar-refractivity contribution is 5.07. The van der Waals surface area contributed by atoms with Gasteiger partial charge in [-0.3, -0.25) is 4.90 Å². The summed E-state index contributed by atoms with van der Waals surface area (Å²) in [4.78, 5) is 5.27. The van der Waals surface area contributed by atoms with Gasteiger partial charge in [-0.15, -0.1) is 0 Å². The van der Waals surface area contributed by atoms with E-state index in [2.05, 4.69) is 9.88 Å². The number of H-pyrrole nitrogens is 1. The number of aromatic nitrogens is 1. The Hall–Kier alpha value is -0.840. The summed E-state index contributed by atoms with van der Waals surface area (Å²) in [6.07, 6.45) is 8.93. The fourth-order valence-electron chi connectivity index (χ4n) is 2.95. The van der Waals surface area contributed by atoms with E-state index in [1.54, 1.807) is 0 Å². The number of nitrogens with one attached hydrogen (secondary N) is 1. The van der Waals surface area contributed by atoms with E-state index in [1.165, 1.54) is 32.1 Å². The summed E-state index contributed by atoms with van der Waals surface area (Å²) in [5.74, 6) is 0.752. The normalized spacial score (nSPS) is 21.9. The van der Waals surface area contributed by atoms with Gasteiger partial charge in [0.2, 0.25) is 0 Å². The molecular formula is C15H27N3O. The third-order valence-corrected chi connectivity index (χ3v) is 4.13. The van der Waals surface area contributed by atoms with Gasteiger partial charge in [0, 0.05) is 19.3 Å². The quantitative estimate of drug-likeness (QED) is 0.632. The van der Waals surface area contributed by atoms with Crippen molar-refractivity contribution in [3.05, 3.63) is 24.0 Å². The first-order valence-electron chi connectivity index (χ1n) is 7.56. The fraction of sp³-hybridized carbons (Fsp3) is 0.733. The molecule has 19 heavy (non-hydrogen) atoms. The van der Waals surface area contributed by atoms with Gasteiger partial charge in [-0.05, 0) is 43.9 Å². The minimum Gasteiger partial charge on any atom is -0.373 e. The van der Waals surface area contributed by atoms with E-state index in [9.17, 15) is 5.11 Å². The van der Waals surface area contributed by atoms with Crippen LogP contribution in [0.2, 0.25) is 0 Å². The maximum absolute atomic E-state index is 10.2. The Morgan fingerprint density at radius 3 is 2.95 bits per heavy atom. The van der Waals surface area contributed by atoms with E-state index in [-0.39, 0.29) is 0 Å². The number of aliphatic hydroxyl groups is 1. The largest absolute Gasteiger partial charge is 0.373 e. The number of unbranched alkanes of at least 4 members (excludes halogenated alkanes) is 3. The Morgan fingerprint density at radius 1 is 1.37 bits per heavy atom. The molecule has 0 saturated carbocycles. The molecule has 108 valence electrons. The fourth-order valence-corrected chi connectivity index (χ4v) is 2.95. The first kappa shape index (κ1) is 14.6. The maximum atomic E-state index is 10.2. The van der Waals surface area contributed by atoms with Crippen molar-refractivity contribution >= 4 is 0 Å². The standard InChI is InChI=1S/C15H27N3O/c16-9-4-2-1-3-6-13-8-11-18(12-13)15(19)14-7-5-10-17-14/h5,7,10,13,15,17,19H,1-4,6,8-9,11-12,16H2. The average molecular weight is 265 g/mol. The third kappa shape index (κ3) is 4.34. The molecule has 0 spiro atoms. The van der Waals surface area contributed by atoms with Gasteiger partial charge < -0.3 is 15.8 Å². The molecule has 0 bridgehead atoms. The summed E-state index contributed by atoms with van der Waals surface area (Å²) in [6.45, 7) is 2.85. The lowest BCUT2D eigenvalue weighted by molar-refractivity contribution is 0.0130. The summed E-state index contributed by atoms with van der Waals surface area (Å²) < 4.78 is 0. The zero-order chi connectivity index (χ0) is 13.5. The molecule has 2 unspecified atom stereocenters. The van der Waals surface area contributed by atoms with Gasteiger partial charge in [-0.1, -0.05) is 19.3 Å². The second kappa shape index (κ2) is 7.68. The van der Waals surface area contributed by atoms with E-state index < -0.39 is 6.23 Å². The van der Waals surface area contributed by atoms with Gasteiger partial charge in [0.05, 0.1) is 5.69 Å². The number of nitrogens with two attached hydrogens (primary N) is 1. The van der Waals surface area contributed by atoms with Crippen LogP contribution in [0.4, 0.5) is 0 Å². The molecule has 1 saturated heterocycles. The summed E-state index contributed by atoms with van der Waals surface area (Å²) >= 11 is 0. The van der Waals surface area contributed by atoms with Crippen molar-refractivity contribution in [1.29, 1.82) is 0 Å². The van der Waals surface area contributed by atoms with Gasteiger partial charge >= 0.3 is 0 Å². The van der Waals surface area contributed by atoms with Crippen LogP contribution in [0.1, 0.15) is 50.4 Å². The number of nitrogens with zero attached hydrogens (tertiary/aromatic N) is 1. The number of aliphatic hydroxyl groups excluding tert-OH is 1. The van der Waals surface area contributed by atoms with Crippen LogP contribution < -0.4 is 5.73 Å². The van der Waals surface area contributed by atoms with Crippen molar-refractivity contribution in [1.82, 2.24) is 9.88 Å². The lowest BCUT2D eigenvalue weighted by Gasteiger charge is -2.22. The highest BCUT2D eigenvalue weighted by Crippen LogP contribution is 2.28. The molecule has 2 atom stereocenters. The van der Waals surface area contributed by atoms with Crippen molar-refractivity contribution in [2.24, 2.45) is 11.7 Å². The van der Waals surface area contributed by atoms with Crippen LogP contribution >= 0.6 is 0 Å². The predicted octanol–water partition coefficient (Wildman–Crippen LogP) is 2.24. The zero-order valence-electron chi connectivity index (χ0n) is 11.7. The molecule has 4 heteroatoms. The Labute approximate surface area is 116 Å². The summed E-state index contributed by atoms with van der Waals surface area (Å²) in [5.41, 5.74) is 6.40. The van der Waals surface area contributed by atoms with E-state index in [4.69, 9.17) is 5.73 Å². The highest BCUT2D eigenvalue weighted by atomic mass is 16.3. The van der Waals surface area contributed by atoms with Crippen LogP contribution in [-0.4, -0.2) is 34.6 Å². The van der Waals surface area contributed by atoms with Gasteiger partial charge in [0.15, 0.2) is 0 Å². The molecule has 4 N–H and O–H groups in total. The molecule has 1 aliphatic heterocycles. The van der Waals surface area contributed by atoms with Crippen LogP contribution in [0.5, 0.6) is 0 Å². The Kier molecular flexibility index (Phi) is 5.89. The summed E-state index contributed by atoms with van der Waals surface area (Å²) in [5, 5.41) is 10.2. The average Bonchev–Trinajstić information content (AvgIpc) is 3.09. The number of aromatic amines is 1. The molecule has 1 aliphatic rings. The molecule has 2 rings (SSSR count). The van der Waals surface area contributed by atoms with E-state index in [0.29, 0.717) is 0 Å². The maximum Gasteiger partial charge on any atom is 0.148 e. The zero-order valence-corrected chi connectivity index (χ0v) is 11.7. The SMILES string of the molecule is NCCCCCCC1CCN(C(O)c2ccc[nH]2)C1. The lowest BCUT2D eigenvalue weighted by atomic mass is 10.00. The van der Waals surface area contributed by atoms with Crippen molar-refractivity contribution in [2.75, 3.05) is 19.6 Å². The molecule has 0 amide bonds. The van der Waals surface area contributed by atoms with Crippen LogP contribution in [-0.2, 0) is 0 Å². The Balaban J connectivity index is 1.65. The van der Waals surface area contributed by atoms with Crippen molar-refractivity contribution < 1.29 is 5.11 Å². The van der Waals surface area contributed by atoms with E-state index in [0.717, 1.165) is 37.7 Å². The van der Waals surface area contributed by atoms with Gasteiger partial charge in [-0.2, -0.15) is 0 Å². The molecule has 2 heterocycles. The van der Waals surface area contributed by atoms with E-state index in [1.807, 2.05) is 18.3 Å². The first-order chi connectivity index (χ1) is 9.31. The monoisotopic (exact) mass is 265 g/mol. The predicted molar refractivity (Wildman–Crippen MR) is 77.6 cm³/mol. The minimum absolute atomic E-state index is 0.461. The van der Waals surface area contributed by atoms with Crippen LogP contribution in [0.15, 0.2) is 18.3 Å². The van der Waals surface area contributed by atoms with E-state index >= 15 is 0 Å². The lowest BCUT2D eigenvalue weighted by Crippen LogP contribution is -2.26. The number of likely N-dealkylation sites (tertiary alicyclic amines) is 1. The molecule has 1 fully saturated rings. The highest BCUT2D eigenvalue weighted by Gasteiger charge is 2.27. The number of hydrogen-bond acceptors (Lipinski definition) is 3. The van der Waals surface area contributed by atoms with Gasteiger partial charge in [0.25, 0.3) is 0 Å². The third-order valence-electron chi connectivity index (χ3n) is 4.13. The molecular weight excluding hydrogens is 238 g/mol. The molecule has 1 aromatic heterocycles. The van der Waals surface area contributed by atoms with Gasteiger partial charge in [-0.25, -0.2) is 0 Å². The smallest absolute Gasteiger partial charge is 0.148 e. The van der Waals surface area contributed by atoms with Crippen LogP contribution in [0, 0.1) is 5.92 Å². The molecule has 0 radical (unpaired) electrons. The van der Waals surface area contributed by atoms with Crippen LogP contribution in [0.25, 0.3) is 0 Å². The minimum atomic E-state index is -0.461.